The fourth-order valence-corrected chi connectivity index (χ4v) is 13.3. The fraction of sp³-hybridized carbons (Fsp3) is 0.127. The normalized spacial score (nSPS) is 13.2. The van der Waals surface area contributed by atoms with Crippen molar-refractivity contribution in [3.05, 3.63) is 283 Å². The molecular weight excluding hydrogens is 983 g/mol. The molecule has 0 spiro atoms. The predicted molar refractivity (Wildman–Crippen MR) is 333 cm³/mol. The molecule has 5 aromatic heterocycles. The molecule has 0 atom stereocenters. The molecular formula is C71H65N7S. The van der Waals surface area contributed by atoms with Gasteiger partial charge < -0.3 is 0 Å². The van der Waals surface area contributed by atoms with E-state index in [-0.39, 0.29) is 5.41 Å². The SMILES string of the molecule is CC.CC(C)(C)c1ccc(-c2nnc(-c3ccc(-c4ccccc4)cc3)n2-c2ccccc2)cc1.CCS1(C)C(c2cccc(-c3ccccn3)n2)=C(c2ccccc2)C(c2ccccc2)=C1c1cccc(-c2ccccn2)n1. The van der Waals surface area contributed by atoms with Crippen molar-refractivity contribution in [3.63, 3.8) is 0 Å². The molecule has 6 heterocycles. The third kappa shape index (κ3) is 11.3. The molecule has 0 saturated carbocycles. The largest absolute Gasteiger partial charge is 0.275 e. The minimum absolute atomic E-state index is 0.108. The molecule has 1 aliphatic heterocycles. The Bertz CT molecular complexity index is 3690. The van der Waals surface area contributed by atoms with Gasteiger partial charge in [-0.05, 0) is 106 Å². The number of nitrogens with zero attached hydrogens (tertiary/aromatic N) is 7. The first kappa shape index (κ1) is 53.3. The van der Waals surface area contributed by atoms with Crippen LogP contribution in [0.4, 0.5) is 0 Å². The maximum atomic E-state index is 5.31. The van der Waals surface area contributed by atoms with Crippen LogP contribution in [0.25, 0.3) is 83.3 Å². The Hall–Kier alpha value is -9.11. The van der Waals surface area contributed by atoms with Crippen LogP contribution in [0.15, 0.2) is 255 Å². The summed E-state index contributed by atoms with van der Waals surface area (Å²) >= 11 is 0. The van der Waals surface area contributed by atoms with Gasteiger partial charge in [0, 0.05) is 50.2 Å². The van der Waals surface area contributed by atoms with E-state index in [0.717, 1.165) is 68.4 Å². The van der Waals surface area contributed by atoms with Gasteiger partial charge in [0.25, 0.3) is 0 Å². The van der Waals surface area contributed by atoms with E-state index in [0.29, 0.717) is 0 Å². The second-order valence-corrected chi connectivity index (χ2v) is 23.6. The summed E-state index contributed by atoms with van der Waals surface area (Å²) in [5.74, 6) is 2.61. The van der Waals surface area contributed by atoms with Crippen molar-refractivity contribution in [3.8, 4) is 62.4 Å². The van der Waals surface area contributed by atoms with Crippen molar-refractivity contribution in [1.82, 2.24) is 34.7 Å². The van der Waals surface area contributed by atoms with Crippen molar-refractivity contribution in [2.75, 3.05) is 12.0 Å². The van der Waals surface area contributed by atoms with Gasteiger partial charge >= 0.3 is 0 Å². The average molecular weight is 1050 g/mol. The van der Waals surface area contributed by atoms with Crippen LogP contribution in [0, 0.1) is 0 Å². The van der Waals surface area contributed by atoms with Gasteiger partial charge in [-0.25, -0.2) is 9.97 Å². The Kier molecular flexibility index (Phi) is 16.2. The second kappa shape index (κ2) is 24.1. The van der Waals surface area contributed by atoms with E-state index < -0.39 is 10.0 Å². The Balaban J connectivity index is 0.000000180. The van der Waals surface area contributed by atoms with Gasteiger partial charge in [-0.2, -0.15) is 10.0 Å². The van der Waals surface area contributed by atoms with Crippen LogP contribution in [0.1, 0.15) is 69.6 Å². The van der Waals surface area contributed by atoms with E-state index in [1.54, 1.807) is 0 Å². The Morgan fingerprint density at radius 1 is 0.367 bits per heavy atom. The van der Waals surface area contributed by atoms with Crippen LogP contribution < -0.4 is 0 Å². The van der Waals surface area contributed by atoms with Gasteiger partial charge in [0.05, 0.1) is 34.2 Å². The van der Waals surface area contributed by atoms with Crippen LogP contribution in [0.3, 0.4) is 0 Å². The molecule has 12 rings (SSSR count). The van der Waals surface area contributed by atoms with Gasteiger partial charge in [-0.15, -0.1) is 10.2 Å². The molecule has 0 saturated heterocycles. The zero-order valence-electron chi connectivity index (χ0n) is 46.0. The lowest BCUT2D eigenvalue weighted by Gasteiger charge is -2.37. The smallest absolute Gasteiger partial charge is 0.168 e. The molecule has 0 bridgehead atoms. The Morgan fingerprint density at radius 3 is 1.13 bits per heavy atom. The van der Waals surface area contributed by atoms with Crippen molar-refractivity contribution in [1.29, 1.82) is 0 Å². The molecule has 11 aromatic rings. The Morgan fingerprint density at radius 2 is 0.722 bits per heavy atom. The molecule has 0 N–H and O–H groups in total. The minimum Gasteiger partial charge on any atom is -0.275 e. The van der Waals surface area contributed by atoms with Crippen LogP contribution >= 0.6 is 10.0 Å². The Labute approximate surface area is 467 Å². The fourth-order valence-electron chi connectivity index (χ4n) is 10.0. The van der Waals surface area contributed by atoms with Gasteiger partial charge in [-0.3, -0.25) is 14.5 Å². The number of pyridine rings is 4. The molecule has 0 amide bonds. The lowest BCUT2D eigenvalue weighted by atomic mass is 9.86. The number of allylic oxidation sites excluding steroid dienone is 2. The van der Waals surface area contributed by atoms with Gasteiger partial charge in [-0.1, -0.05) is 224 Å². The number of aromatic nitrogens is 7. The molecule has 0 unspecified atom stereocenters. The third-order valence-electron chi connectivity index (χ3n) is 14.1. The summed E-state index contributed by atoms with van der Waals surface area (Å²) in [6, 6.07) is 84.0. The number of para-hydroxylation sites is 1. The number of rotatable bonds is 11. The van der Waals surface area contributed by atoms with Crippen molar-refractivity contribution in [2.24, 2.45) is 0 Å². The summed E-state index contributed by atoms with van der Waals surface area (Å²) in [5.41, 5.74) is 17.1. The summed E-state index contributed by atoms with van der Waals surface area (Å²) in [6.45, 7) is 13.0. The minimum atomic E-state index is -1.63. The van der Waals surface area contributed by atoms with E-state index >= 15 is 0 Å². The second-order valence-electron chi connectivity index (χ2n) is 20.1. The summed E-state index contributed by atoms with van der Waals surface area (Å²) in [7, 11) is -1.63. The van der Waals surface area contributed by atoms with E-state index in [9.17, 15) is 0 Å². The summed E-state index contributed by atoms with van der Waals surface area (Å²) in [4.78, 5) is 22.4. The molecule has 8 heteroatoms. The highest BCUT2D eigenvalue weighted by atomic mass is 32.3. The first-order valence-electron chi connectivity index (χ1n) is 27.1. The molecule has 1 aliphatic rings. The molecule has 0 aliphatic carbocycles. The zero-order valence-corrected chi connectivity index (χ0v) is 46.8. The highest BCUT2D eigenvalue weighted by Gasteiger charge is 2.42. The van der Waals surface area contributed by atoms with E-state index in [1.807, 2.05) is 99.0 Å². The topological polar surface area (TPSA) is 82.3 Å². The maximum absolute atomic E-state index is 5.31. The summed E-state index contributed by atoms with van der Waals surface area (Å²) < 4.78 is 2.14. The average Bonchev–Trinajstić information content (AvgIpc) is 4.16. The van der Waals surface area contributed by atoms with Gasteiger partial charge in [0.1, 0.15) is 0 Å². The van der Waals surface area contributed by atoms with Crippen LogP contribution in [0.5, 0.6) is 0 Å². The van der Waals surface area contributed by atoms with Crippen LogP contribution in [-0.2, 0) is 5.41 Å². The number of hydrogen-bond acceptors (Lipinski definition) is 6. The molecule has 0 fully saturated rings. The van der Waals surface area contributed by atoms with E-state index in [4.69, 9.17) is 9.97 Å². The summed E-state index contributed by atoms with van der Waals surface area (Å²) in [5, 5.41) is 9.25. The van der Waals surface area contributed by atoms with Crippen LogP contribution in [-0.4, -0.2) is 46.7 Å². The highest BCUT2D eigenvalue weighted by Crippen LogP contribution is 2.75. The lowest BCUT2D eigenvalue weighted by molar-refractivity contribution is 0.590. The van der Waals surface area contributed by atoms with Crippen molar-refractivity contribution >= 4 is 31.0 Å². The van der Waals surface area contributed by atoms with E-state index in [1.165, 1.54) is 48.8 Å². The lowest BCUT2D eigenvalue weighted by Crippen LogP contribution is -2.10. The number of hydrogen-bond donors (Lipinski definition) is 0. The van der Waals surface area contributed by atoms with Crippen LogP contribution in [0.2, 0.25) is 0 Å². The molecule has 79 heavy (non-hydrogen) atoms. The first-order valence-corrected chi connectivity index (χ1v) is 29.3. The highest BCUT2D eigenvalue weighted by molar-refractivity contribution is 8.48. The molecule has 0 radical (unpaired) electrons. The van der Waals surface area contributed by atoms with Gasteiger partial charge in [0.15, 0.2) is 11.6 Å². The zero-order chi connectivity index (χ0) is 54.8. The van der Waals surface area contributed by atoms with Gasteiger partial charge in [0.2, 0.25) is 0 Å². The molecule has 390 valence electrons. The van der Waals surface area contributed by atoms with E-state index in [2.05, 4.69) is 229 Å². The third-order valence-corrected chi connectivity index (χ3v) is 17.8. The maximum Gasteiger partial charge on any atom is 0.168 e. The standard InChI is InChI=1S/C39H32N4S.C30H27N3.C2H6/c1-3-44(2)38(34-24-14-22-32(42-34)30-20-10-12-26-40-30)36(28-16-6-4-7-17-28)37(29-18-8-5-9-19-29)39(44)35-25-15-23-33(43-35)31-21-11-13-27-41-31;1-30(2,3)26-20-18-25(19-21-26)29-32-31-28(33(29)27-12-8-5-9-13-27)24-16-14-23(15-17-24)22-10-6-4-7-11-22;1-2/h4-27H,3H2,1-2H3;4-21H,1-3H3;1-2H3. The van der Waals surface area contributed by atoms with Crippen molar-refractivity contribution in [2.45, 2.75) is 47.0 Å². The monoisotopic (exact) mass is 1050 g/mol. The quantitative estimate of drug-likeness (QED) is 0.128. The summed E-state index contributed by atoms with van der Waals surface area (Å²) in [6.07, 6.45) is 6.08. The van der Waals surface area contributed by atoms with Crippen molar-refractivity contribution < 1.29 is 0 Å². The number of benzene rings is 6. The first-order chi connectivity index (χ1) is 38.7. The molecule has 6 aromatic carbocycles. The predicted octanol–water partition coefficient (Wildman–Crippen LogP) is 18.1. The molecule has 7 nitrogen and oxygen atoms in total.